The summed E-state index contributed by atoms with van der Waals surface area (Å²) in [5.41, 5.74) is 3.12. The summed E-state index contributed by atoms with van der Waals surface area (Å²) in [7, 11) is 0. The first-order valence-electron chi connectivity index (χ1n) is 11.2. The van der Waals surface area contributed by atoms with Gasteiger partial charge in [-0.25, -0.2) is 13.2 Å². The van der Waals surface area contributed by atoms with Crippen molar-refractivity contribution < 1.29 is 13.2 Å². The summed E-state index contributed by atoms with van der Waals surface area (Å²) in [6, 6.07) is 15.4. The first kappa shape index (κ1) is 21.7. The molecule has 3 aromatic carbocycles. The molecule has 1 aliphatic carbocycles. The van der Waals surface area contributed by atoms with Gasteiger partial charge in [0.15, 0.2) is 11.6 Å². The van der Waals surface area contributed by atoms with Crippen LogP contribution in [0.25, 0.3) is 22.3 Å². The Kier molecular flexibility index (Phi) is 6.22. The second-order valence-corrected chi connectivity index (χ2v) is 9.26. The molecular weight excluding hydrogens is 393 g/mol. The van der Waals surface area contributed by atoms with Crippen molar-refractivity contribution in [2.24, 2.45) is 5.92 Å². The molecule has 0 nitrogen and oxygen atoms in total. The summed E-state index contributed by atoms with van der Waals surface area (Å²) >= 11 is 0. The fourth-order valence-corrected chi connectivity index (χ4v) is 4.64. The van der Waals surface area contributed by atoms with Crippen molar-refractivity contribution in [3.05, 3.63) is 83.2 Å². The van der Waals surface area contributed by atoms with Gasteiger partial charge in [0.1, 0.15) is 5.82 Å². The molecule has 31 heavy (non-hydrogen) atoms. The quantitative estimate of drug-likeness (QED) is 0.394. The lowest BCUT2D eigenvalue weighted by molar-refractivity contribution is 0.342. The van der Waals surface area contributed by atoms with Gasteiger partial charge in [-0.05, 0) is 58.9 Å². The Bertz CT molecular complexity index is 1060. The number of halogens is 3. The number of hydrogen-bond donors (Lipinski definition) is 0. The van der Waals surface area contributed by atoms with E-state index in [0.717, 1.165) is 31.2 Å². The minimum Gasteiger partial charge on any atom is -0.207 e. The van der Waals surface area contributed by atoms with Gasteiger partial charge in [0, 0.05) is 11.1 Å². The van der Waals surface area contributed by atoms with E-state index in [1.165, 1.54) is 6.07 Å². The van der Waals surface area contributed by atoms with Crippen LogP contribution in [0.4, 0.5) is 13.2 Å². The molecule has 3 aromatic rings. The third-order valence-electron chi connectivity index (χ3n) is 6.74. The van der Waals surface area contributed by atoms with Gasteiger partial charge in [-0.2, -0.15) is 0 Å². The molecule has 162 valence electrons. The van der Waals surface area contributed by atoms with Gasteiger partial charge >= 0.3 is 0 Å². The molecule has 0 heterocycles. The van der Waals surface area contributed by atoms with Gasteiger partial charge in [-0.3, -0.25) is 0 Å². The highest BCUT2D eigenvalue weighted by atomic mass is 19.2. The Labute approximate surface area is 183 Å². The fraction of sp³-hybridized carbons (Fsp3) is 0.357. The molecule has 1 fully saturated rings. The minimum atomic E-state index is -0.941. The lowest BCUT2D eigenvalue weighted by Gasteiger charge is -2.26. The van der Waals surface area contributed by atoms with Crippen molar-refractivity contribution in [3.63, 3.8) is 0 Å². The van der Waals surface area contributed by atoms with Crippen molar-refractivity contribution in [3.8, 4) is 22.3 Å². The zero-order valence-electron chi connectivity index (χ0n) is 18.4. The molecule has 0 amide bonds. The zero-order chi connectivity index (χ0) is 22.1. The predicted molar refractivity (Wildman–Crippen MR) is 122 cm³/mol. The smallest absolute Gasteiger partial charge is 0.167 e. The lowest BCUT2D eigenvalue weighted by atomic mass is 9.79. The molecule has 1 aliphatic rings. The highest BCUT2D eigenvalue weighted by molar-refractivity contribution is 5.72. The van der Waals surface area contributed by atoms with Crippen molar-refractivity contribution >= 4 is 0 Å². The summed E-state index contributed by atoms with van der Waals surface area (Å²) in [5, 5.41) is 0. The van der Waals surface area contributed by atoms with Crippen molar-refractivity contribution in [2.45, 2.75) is 58.3 Å². The number of hydrogen-bond acceptors (Lipinski definition) is 0. The highest BCUT2D eigenvalue weighted by Crippen LogP contribution is 2.38. The van der Waals surface area contributed by atoms with Crippen LogP contribution in [-0.2, 0) is 0 Å². The fourth-order valence-electron chi connectivity index (χ4n) is 4.64. The van der Waals surface area contributed by atoms with E-state index in [0.29, 0.717) is 28.5 Å². The van der Waals surface area contributed by atoms with Gasteiger partial charge < -0.3 is 0 Å². The van der Waals surface area contributed by atoms with E-state index < -0.39 is 11.6 Å². The Hall–Kier alpha value is -2.55. The van der Waals surface area contributed by atoms with Crippen LogP contribution in [0.2, 0.25) is 0 Å². The Morgan fingerprint density at radius 1 is 0.710 bits per heavy atom. The number of rotatable bonds is 4. The van der Waals surface area contributed by atoms with E-state index in [1.807, 2.05) is 24.3 Å². The highest BCUT2D eigenvalue weighted by Gasteiger charge is 2.23. The summed E-state index contributed by atoms with van der Waals surface area (Å²) in [6.45, 7) is 6.40. The zero-order valence-corrected chi connectivity index (χ0v) is 18.4. The SMILES string of the molecule is CC1CCC(c2ccc(-c3ccc(-c4ccc(C(C)C)cc4)c(F)c3F)cc2F)CC1. The van der Waals surface area contributed by atoms with Gasteiger partial charge in [0.05, 0.1) is 0 Å². The molecule has 3 heteroatoms. The average Bonchev–Trinajstić information content (AvgIpc) is 2.76. The molecule has 1 saturated carbocycles. The molecule has 0 bridgehead atoms. The molecule has 4 rings (SSSR count). The third kappa shape index (κ3) is 4.42. The number of benzene rings is 3. The summed E-state index contributed by atoms with van der Waals surface area (Å²) in [5.74, 6) is -0.901. The molecule has 0 saturated heterocycles. The molecular formula is C28H29F3. The third-order valence-corrected chi connectivity index (χ3v) is 6.74. The molecule has 0 aromatic heterocycles. The van der Waals surface area contributed by atoms with Crippen LogP contribution in [0, 0.1) is 23.4 Å². The van der Waals surface area contributed by atoms with Crippen molar-refractivity contribution in [1.29, 1.82) is 0 Å². The summed E-state index contributed by atoms with van der Waals surface area (Å²) in [4.78, 5) is 0. The van der Waals surface area contributed by atoms with Gasteiger partial charge in [0.2, 0.25) is 0 Å². The maximum absolute atomic E-state index is 15.0. The normalized spacial score (nSPS) is 19.1. The predicted octanol–water partition coefficient (Wildman–Crippen LogP) is 8.86. The Morgan fingerprint density at radius 3 is 1.81 bits per heavy atom. The second-order valence-electron chi connectivity index (χ2n) is 9.26. The van der Waals surface area contributed by atoms with Crippen LogP contribution in [0.3, 0.4) is 0 Å². The summed E-state index contributed by atoms with van der Waals surface area (Å²) in [6.07, 6.45) is 4.16. The Balaban J connectivity index is 1.63. The molecule has 0 spiro atoms. The maximum Gasteiger partial charge on any atom is 0.167 e. The van der Waals surface area contributed by atoms with E-state index in [4.69, 9.17) is 0 Å². The van der Waals surface area contributed by atoms with E-state index >= 15 is 0 Å². The molecule has 0 N–H and O–H groups in total. The first-order valence-corrected chi connectivity index (χ1v) is 11.2. The Morgan fingerprint density at radius 2 is 1.26 bits per heavy atom. The molecule has 0 radical (unpaired) electrons. The molecule has 0 aliphatic heterocycles. The topological polar surface area (TPSA) is 0 Å². The van der Waals surface area contributed by atoms with Crippen LogP contribution in [-0.4, -0.2) is 0 Å². The minimum absolute atomic E-state index is 0.0859. The van der Waals surface area contributed by atoms with E-state index in [9.17, 15) is 13.2 Å². The first-order chi connectivity index (χ1) is 14.8. The maximum atomic E-state index is 15.0. The molecule has 0 unspecified atom stereocenters. The van der Waals surface area contributed by atoms with Gasteiger partial charge in [-0.15, -0.1) is 0 Å². The second kappa shape index (κ2) is 8.90. The summed E-state index contributed by atoms with van der Waals surface area (Å²) < 4.78 is 44.8. The van der Waals surface area contributed by atoms with Crippen LogP contribution < -0.4 is 0 Å². The van der Waals surface area contributed by atoms with E-state index in [-0.39, 0.29) is 22.9 Å². The van der Waals surface area contributed by atoms with Gasteiger partial charge in [0.25, 0.3) is 0 Å². The largest absolute Gasteiger partial charge is 0.207 e. The van der Waals surface area contributed by atoms with Crippen LogP contribution in [0.1, 0.15) is 69.4 Å². The van der Waals surface area contributed by atoms with Crippen LogP contribution in [0.15, 0.2) is 54.6 Å². The standard InChI is InChI=1S/C28H29F3/c1-17(2)19-8-10-21(11-9-19)24-14-15-25(28(31)27(24)30)22-12-13-23(26(29)16-22)20-6-4-18(3)5-7-20/h8-18,20H,4-7H2,1-3H3. The monoisotopic (exact) mass is 422 g/mol. The van der Waals surface area contributed by atoms with Crippen LogP contribution >= 0.6 is 0 Å². The average molecular weight is 423 g/mol. The van der Waals surface area contributed by atoms with E-state index in [2.05, 4.69) is 20.8 Å². The lowest BCUT2D eigenvalue weighted by Crippen LogP contribution is -2.12. The van der Waals surface area contributed by atoms with Crippen molar-refractivity contribution in [1.82, 2.24) is 0 Å². The van der Waals surface area contributed by atoms with Crippen molar-refractivity contribution in [2.75, 3.05) is 0 Å². The molecule has 0 atom stereocenters. The van der Waals surface area contributed by atoms with E-state index in [1.54, 1.807) is 24.3 Å². The van der Waals surface area contributed by atoms with Gasteiger partial charge in [-0.1, -0.05) is 82.1 Å². The van der Waals surface area contributed by atoms with Crippen LogP contribution in [0.5, 0.6) is 0 Å².